The van der Waals surface area contributed by atoms with E-state index in [2.05, 4.69) is 15.5 Å². The van der Waals surface area contributed by atoms with E-state index in [0.717, 1.165) is 0 Å². The topological polar surface area (TPSA) is 136 Å². The Morgan fingerprint density at radius 1 is 0.966 bits per heavy atom. The minimum absolute atomic E-state index is 0.0793. The molecule has 0 saturated carbocycles. The first kappa shape index (κ1) is 18.6. The fraction of sp³-hybridized carbons (Fsp3) is 0. The number of carbonyl (C=O) groups excluding carboxylic acids is 1. The van der Waals surface area contributed by atoms with Gasteiger partial charge in [-0.05, 0) is 47.5 Å². The molecule has 9 nitrogen and oxygen atoms in total. The van der Waals surface area contributed by atoms with Crippen molar-refractivity contribution >= 4 is 22.0 Å². The first-order valence-corrected chi connectivity index (χ1v) is 9.71. The molecule has 2 aromatic carbocycles. The van der Waals surface area contributed by atoms with Crippen LogP contribution in [0.2, 0.25) is 0 Å². The van der Waals surface area contributed by atoms with Gasteiger partial charge >= 0.3 is 6.01 Å². The highest BCUT2D eigenvalue weighted by molar-refractivity contribution is 7.85. The molecule has 1 amide bonds. The third-order valence-electron chi connectivity index (χ3n) is 3.99. The molecule has 10 heteroatoms. The lowest BCUT2D eigenvalue weighted by atomic mass is 10.0. The SMILES string of the molecule is O=C(Nc1nnc(-c2ccco2)o1)c1cccc(-c2ccc(S(=O)(=O)O)cc2)c1. The Morgan fingerprint density at radius 3 is 2.45 bits per heavy atom. The smallest absolute Gasteiger partial charge is 0.322 e. The molecule has 0 spiro atoms. The van der Waals surface area contributed by atoms with Gasteiger partial charge in [-0.15, -0.1) is 5.10 Å². The van der Waals surface area contributed by atoms with Crippen LogP contribution in [0.3, 0.4) is 0 Å². The monoisotopic (exact) mass is 411 g/mol. The molecular weight excluding hydrogens is 398 g/mol. The second-order valence-electron chi connectivity index (χ2n) is 5.92. The number of amides is 1. The maximum Gasteiger partial charge on any atom is 0.322 e. The van der Waals surface area contributed by atoms with Crippen LogP contribution >= 0.6 is 0 Å². The summed E-state index contributed by atoms with van der Waals surface area (Å²) in [5.41, 5.74) is 1.69. The number of carbonyl (C=O) groups is 1. The zero-order valence-electron chi connectivity index (χ0n) is 14.6. The summed E-state index contributed by atoms with van der Waals surface area (Å²) in [7, 11) is -4.27. The maximum absolute atomic E-state index is 12.5. The largest absolute Gasteiger partial charge is 0.459 e. The van der Waals surface area contributed by atoms with E-state index in [4.69, 9.17) is 13.4 Å². The summed E-state index contributed by atoms with van der Waals surface area (Å²) in [6.07, 6.45) is 1.46. The van der Waals surface area contributed by atoms with Crippen LogP contribution in [0, 0.1) is 0 Å². The Balaban J connectivity index is 1.53. The highest BCUT2D eigenvalue weighted by Gasteiger charge is 2.15. The molecular formula is C19H13N3O6S. The number of nitrogens with zero attached hydrogens (tertiary/aromatic N) is 2. The number of furan rings is 1. The van der Waals surface area contributed by atoms with E-state index < -0.39 is 16.0 Å². The fourth-order valence-corrected chi connectivity index (χ4v) is 3.08. The Morgan fingerprint density at radius 2 is 1.76 bits per heavy atom. The van der Waals surface area contributed by atoms with Crippen LogP contribution in [0.4, 0.5) is 6.01 Å². The predicted octanol–water partition coefficient (Wildman–Crippen LogP) is 3.50. The number of rotatable bonds is 5. The van der Waals surface area contributed by atoms with Crippen molar-refractivity contribution in [3.63, 3.8) is 0 Å². The van der Waals surface area contributed by atoms with E-state index in [-0.39, 0.29) is 16.8 Å². The van der Waals surface area contributed by atoms with Gasteiger partial charge in [-0.2, -0.15) is 8.42 Å². The standard InChI is InChI=1S/C19H13N3O6S/c23-17(20-19-22-21-18(28-19)16-5-2-10-27-16)14-4-1-3-13(11-14)12-6-8-15(9-7-12)29(24,25)26/h1-11H,(H,20,22,23)(H,24,25,26). The van der Waals surface area contributed by atoms with E-state index >= 15 is 0 Å². The van der Waals surface area contributed by atoms with Crippen LogP contribution in [0.5, 0.6) is 0 Å². The van der Waals surface area contributed by atoms with Crippen LogP contribution < -0.4 is 5.32 Å². The first-order valence-electron chi connectivity index (χ1n) is 8.27. The molecule has 0 radical (unpaired) electrons. The van der Waals surface area contributed by atoms with Crippen molar-refractivity contribution in [3.05, 3.63) is 72.5 Å². The van der Waals surface area contributed by atoms with Gasteiger partial charge in [-0.25, -0.2) is 0 Å². The molecule has 0 aliphatic carbocycles. The van der Waals surface area contributed by atoms with E-state index in [1.54, 1.807) is 36.4 Å². The first-order chi connectivity index (χ1) is 13.9. The zero-order chi connectivity index (χ0) is 20.4. The van der Waals surface area contributed by atoms with Gasteiger partial charge in [0.2, 0.25) is 0 Å². The minimum Gasteiger partial charge on any atom is -0.459 e. The number of anilines is 1. The van der Waals surface area contributed by atoms with Gasteiger partial charge in [-0.1, -0.05) is 29.4 Å². The summed E-state index contributed by atoms with van der Waals surface area (Å²) in [5, 5.41) is 10.1. The minimum atomic E-state index is -4.27. The highest BCUT2D eigenvalue weighted by atomic mass is 32.2. The van der Waals surface area contributed by atoms with Gasteiger partial charge in [0.25, 0.3) is 21.9 Å². The van der Waals surface area contributed by atoms with Crippen molar-refractivity contribution in [3.8, 4) is 22.8 Å². The Bertz CT molecular complexity index is 1260. The van der Waals surface area contributed by atoms with Crippen molar-refractivity contribution < 1.29 is 26.6 Å². The summed E-state index contributed by atoms with van der Waals surface area (Å²) < 4.78 is 41.9. The fourth-order valence-electron chi connectivity index (χ4n) is 2.60. The number of benzene rings is 2. The molecule has 4 aromatic rings. The average molecular weight is 411 g/mol. The van der Waals surface area contributed by atoms with Crippen LogP contribution in [-0.4, -0.2) is 29.1 Å². The molecule has 0 atom stereocenters. The summed E-state index contributed by atoms with van der Waals surface area (Å²) in [6, 6.07) is 15.6. The van der Waals surface area contributed by atoms with E-state index in [9.17, 15) is 13.2 Å². The molecule has 2 aromatic heterocycles. The summed E-state index contributed by atoms with van der Waals surface area (Å²) >= 11 is 0. The number of hydrogen-bond donors (Lipinski definition) is 2. The van der Waals surface area contributed by atoms with Crippen LogP contribution in [0.25, 0.3) is 22.8 Å². The van der Waals surface area contributed by atoms with Crippen LogP contribution in [-0.2, 0) is 10.1 Å². The lowest BCUT2D eigenvalue weighted by molar-refractivity contribution is 0.102. The van der Waals surface area contributed by atoms with Crippen molar-refractivity contribution in [2.75, 3.05) is 5.32 Å². The molecule has 0 saturated heterocycles. The number of hydrogen-bond acceptors (Lipinski definition) is 7. The lowest BCUT2D eigenvalue weighted by Crippen LogP contribution is -2.12. The molecule has 0 aliphatic rings. The van der Waals surface area contributed by atoms with Gasteiger partial charge in [0, 0.05) is 5.56 Å². The maximum atomic E-state index is 12.5. The van der Waals surface area contributed by atoms with Gasteiger partial charge < -0.3 is 8.83 Å². The summed E-state index contributed by atoms with van der Waals surface area (Å²) in [4.78, 5) is 12.3. The van der Waals surface area contributed by atoms with Gasteiger partial charge in [0.1, 0.15) is 0 Å². The Hall–Kier alpha value is -3.76. The van der Waals surface area contributed by atoms with Gasteiger partial charge in [-0.3, -0.25) is 14.7 Å². The molecule has 0 unspecified atom stereocenters. The molecule has 29 heavy (non-hydrogen) atoms. The molecule has 2 heterocycles. The van der Waals surface area contributed by atoms with Crippen LogP contribution in [0.1, 0.15) is 10.4 Å². The zero-order valence-corrected chi connectivity index (χ0v) is 15.5. The Labute approximate surface area is 164 Å². The van der Waals surface area contributed by atoms with Crippen molar-refractivity contribution in [1.82, 2.24) is 10.2 Å². The van der Waals surface area contributed by atoms with Gasteiger partial charge in [0.15, 0.2) is 5.76 Å². The highest BCUT2D eigenvalue weighted by Crippen LogP contribution is 2.24. The lowest BCUT2D eigenvalue weighted by Gasteiger charge is -2.06. The normalized spacial score (nSPS) is 11.3. The molecule has 0 aliphatic heterocycles. The third-order valence-corrected chi connectivity index (χ3v) is 4.86. The summed E-state index contributed by atoms with van der Waals surface area (Å²) in [6.45, 7) is 0. The van der Waals surface area contributed by atoms with E-state index in [1.165, 1.54) is 30.5 Å². The Kier molecular flexibility index (Phi) is 4.71. The van der Waals surface area contributed by atoms with E-state index in [1.807, 2.05) is 0 Å². The molecule has 146 valence electrons. The number of aromatic nitrogens is 2. The predicted molar refractivity (Wildman–Crippen MR) is 102 cm³/mol. The number of nitrogens with one attached hydrogen (secondary N) is 1. The van der Waals surface area contributed by atoms with Crippen molar-refractivity contribution in [2.45, 2.75) is 4.90 Å². The average Bonchev–Trinajstić information content (AvgIpc) is 3.39. The third kappa shape index (κ3) is 4.08. The van der Waals surface area contributed by atoms with Gasteiger partial charge in [0.05, 0.1) is 11.2 Å². The van der Waals surface area contributed by atoms with Crippen molar-refractivity contribution in [1.29, 1.82) is 0 Å². The van der Waals surface area contributed by atoms with Crippen molar-refractivity contribution in [2.24, 2.45) is 0 Å². The second-order valence-corrected chi connectivity index (χ2v) is 7.35. The quantitative estimate of drug-likeness (QED) is 0.476. The molecule has 2 N–H and O–H groups in total. The van der Waals surface area contributed by atoms with E-state index in [0.29, 0.717) is 22.5 Å². The summed E-state index contributed by atoms with van der Waals surface area (Å²) in [5.74, 6) is 0.0577. The second kappa shape index (κ2) is 7.34. The molecule has 0 fully saturated rings. The van der Waals surface area contributed by atoms with Crippen LogP contribution in [0.15, 0.2) is 80.7 Å². The molecule has 4 rings (SSSR count). The molecule has 0 bridgehead atoms.